The molecule has 0 fully saturated rings. The van der Waals surface area contributed by atoms with Crippen LogP contribution in [0.4, 0.5) is 10.1 Å². The topological polar surface area (TPSA) is 74.4 Å². The molecule has 3 aromatic rings. The molecule has 1 heterocycles. The zero-order chi connectivity index (χ0) is 19.6. The van der Waals surface area contributed by atoms with Crippen LogP contribution in [0.2, 0.25) is 0 Å². The van der Waals surface area contributed by atoms with E-state index in [9.17, 15) is 19.3 Å². The summed E-state index contributed by atoms with van der Waals surface area (Å²) in [4.78, 5) is 22.7. The van der Waals surface area contributed by atoms with Crippen molar-refractivity contribution in [2.24, 2.45) is 0 Å². The predicted molar refractivity (Wildman–Crippen MR) is 98.1 cm³/mol. The summed E-state index contributed by atoms with van der Waals surface area (Å²) in [5.41, 5.74) is 2.81. The Labute approximate surface area is 155 Å². The molecule has 0 saturated heterocycles. The highest BCUT2D eigenvalue weighted by atomic mass is 19.1. The molecule has 1 aromatic heterocycles. The smallest absolute Gasteiger partial charge is 0.269 e. The number of rotatable bonds is 6. The van der Waals surface area contributed by atoms with Crippen molar-refractivity contribution in [2.45, 2.75) is 13.8 Å². The standard InChI is InChI=1S/C20H17FN2O4/c1-13-11-19(14(2)22(13)16-5-3-15(21)4-6-16)20(24)12-27-18-9-7-17(8-10-18)23(25)26/h3-11H,12H2,1-2H3. The lowest BCUT2D eigenvalue weighted by atomic mass is 10.1. The minimum Gasteiger partial charge on any atom is -0.485 e. The van der Waals surface area contributed by atoms with Crippen LogP contribution >= 0.6 is 0 Å². The molecule has 0 amide bonds. The van der Waals surface area contributed by atoms with Gasteiger partial charge in [-0.1, -0.05) is 0 Å². The van der Waals surface area contributed by atoms with Gasteiger partial charge in [0.15, 0.2) is 6.61 Å². The van der Waals surface area contributed by atoms with E-state index < -0.39 is 4.92 Å². The number of benzene rings is 2. The molecule has 7 heteroatoms. The van der Waals surface area contributed by atoms with Crippen molar-refractivity contribution in [2.75, 3.05) is 6.61 Å². The Hall–Kier alpha value is -3.48. The molecule has 27 heavy (non-hydrogen) atoms. The number of aromatic nitrogens is 1. The van der Waals surface area contributed by atoms with Gasteiger partial charge >= 0.3 is 0 Å². The highest BCUT2D eigenvalue weighted by Gasteiger charge is 2.17. The molecule has 0 atom stereocenters. The molecule has 6 nitrogen and oxygen atoms in total. The van der Waals surface area contributed by atoms with Crippen molar-refractivity contribution in [1.29, 1.82) is 0 Å². The van der Waals surface area contributed by atoms with E-state index in [1.54, 1.807) is 18.2 Å². The number of hydrogen-bond donors (Lipinski definition) is 0. The summed E-state index contributed by atoms with van der Waals surface area (Å²) < 4.78 is 20.5. The van der Waals surface area contributed by atoms with Crippen molar-refractivity contribution >= 4 is 11.5 Å². The maximum atomic E-state index is 13.2. The van der Waals surface area contributed by atoms with Gasteiger partial charge in [-0.05, 0) is 56.3 Å². The van der Waals surface area contributed by atoms with Gasteiger partial charge in [-0.25, -0.2) is 4.39 Å². The minimum absolute atomic E-state index is 0.0449. The van der Waals surface area contributed by atoms with Crippen molar-refractivity contribution in [3.63, 3.8) is 0 Å². The Morgan fingerprint density at radius 3 is 2.33 bits per heavy atom. The molecular weight excluding hydrogens is 351 g/mol. The van der Waals surface area contributed by atoms with Crippen LogP contribution in [0.3, 0.4) is 0 Å². The third kappa shape index (κ3) is 3.87. The first kappa shape index (κ1) is 18.3. The van der Waals surface area contributed by atoms with Crippen molar-refractivity contribution in [3.05, 3.63) is 87.5 Å². The Balaban J connectivity index is 1.76. The molecule has 0 spiro atoms. The van der Waals surface area contributed by atoms with Crippen LogP contribution in [-0.2, 0) is 0 Å². The molecule has 0 bridgehead atoms. The largest absolute Gasteiger partial charge is 0.485 e. The Bertz CT molecular complexity index is 992. The first-order valence-corrected chi connectivity index (χ1v) is 8.22. The number of nitro benzene ring substituents is 1. The zero-order valence-corrected chi connectivity index (χ0v) is 14.8. The number of non-ortho nitro benzene ring substituents is 1. The van der Waals surface area contributed by atoms with E-state index in [1.165, 1.54) is 36.4 Å². The molecule has 138 valence electrons. The first-order valence-electron chi connectivity index (χ1n) is 8.22. The van der Waals surface area contributed by atoms with Gasteiger partial charge < -0.3 is 9.30 Å². The second kappa shape index (κ2) is 7.41. The highest BCUT2D eigenvalue weighted by Crippen LogP contribution is 2.22. The van der Waals surface area contributed by atoms with Gasteiger partial charge in [-0.3, -0.25) is 14.9 Å². The lowest BCUT2D eigenvalue weighted by Crippen LogP contribution is -2.12. The Kier molecular flexibility index (Phi) is 5.03. The molecule has 2 aromatic carbocycles. The number of nitrogens with zero attached hydrogens (tertiary/aromatic N) is 2. The van der Waals surface area contributed by atoms with Crippen LogP contribution < -0.4 is 4.74 Å². The number of carbonyl (C=O) groups excluding carboxylic acids is 1. The number of nitro groups is 1. The summed E-state index contributed by atoms with van der Waals surface area (Å²) in [6.07, 6.45) is 0. The van der Waals surface area contributed by atoms with Gasteiger partial charge in [0.05, 0.1) is 4.92 Å². The average molecular weight is 368 g/mol. The molecule has 0 aliphatic carbocycles. The lowest BCUT2D eigenvalue weighted by molar-refractivity contribution is -0.384. The van der Waals surface area contributed by atoms with Crippen LogP contribution in [0, 0.1) is 29.8 Å². The number of ether oxygens (including phenoxy) is 1. The number of aryl methyl sites for hydroxylation is 1. The third-order valence-corrected chi connectivity index (χ3v) is 4.23. The van der Waals surface area contributed by atoms with Crippen molar-refractivity contribution < 1.29 is 18.8 Å². The van der Waals surface area contributed by atoms with Crippen molar-refractivity contribution in [1.82, 2.24) is 4.57 Å². The maximum Gasteiger partial charge on any atom is 0.269 e. The van der Waals surface area contributed by atoms with E-state index in [4.69, 9.17) is 4.74 Å². The average Bonchev–Trinajstić information content (AvgIpc) is 2.95. The van der Waals surface area contributed by atoms with E-state index in [0.717, 1.165) is 17.1 Å². The molecule has 0 unspecified atom stereocenters. The summed E-state index contributed by atoms with van der Waals surface area (Å²) in [5, 5.41) is 10.7. The molecule has 0 aliphatic heterocycles. The molecule has 0 radical (unpaired) electrons. The van der Waals surface area contributed by atoms with E-state index in [1.807, 2.05) is 18.4 Å². The molecule has 3 rings (SSSR count). The number of ketones is 1. The molecule has 0 N–H and O–H groups in total. The monoisotopic (exact) mass is 368 g/mol. The number of halogens is 1. The van der Waals surface area contributed by atoms with Gasteiger partial charge in [0.1, 0.15) is 11.6 Å². The lowest BCUT2D eigenvalue weighted by Gasteiger charge is -2.10. The summed E-state index contributed by atoms with van der Waals surface area (Å²) in [6, 6.07) is 13.3. The maximum absolute atomic E-state index is 13.2. The van der Waals surface area contributed by atoms with Crippen LogP contribution in [0.15, 0.2) is 54.6 Å². The Morgan fingerprint density at radius 2 is 1.74 bits per heavy atom. The van der Waals surface area contributed by atoms with E-state index >= 15 is 0 Å². The molecule has 0 saturated carbocycles. The Morgan fingerprint density at radius 1 is 1.11 bits per heavy atom. The molecule has 0 aliphatic rings. The van der Waals surface area contributed by atoms with Crippen molar-refractivity contribution in [3.8, 4) is 11.4 Å². The normalized spacial score (nSPS) is 10.6. The van der Waals surface area contributed by atoms with E-state index in [0.29, 0.717) is 11.3 Å². The van der Waals surface area contributed by atoms with Gasteiger partial charge in [0.2, 0.25) is 5.78 Å². The second-order valence-corrected chi connectivity index (χ2v) is 6.06. The van der Waals surface area contributed by atoms with Gasteiger partial charge in [0, 0.05) is 34.8 Å². The zero-order valence-electron chi connectivity index (χ0n) is 14.8. The number of carbonyl (C=O) groups is 1. The number of Topliss-reactive ketones (excluding diaryl/α,β-unsaturated/α-hetero) is 1. The fraction of sp³-hybridized carbons (Fsp3) is 0.150. The van der Waals surface area contributed by atoms with Crippen LogP contribution in [0.1, 0.15) is 21.7 Å². The quantitative estimate of drug-likeness (QED) is 0.367. The fourth-order valence-electron chi connectivity index (χ4n) is 2.92. The summed E-state index contributed by atoms with van der Waals surface area (Å²) in [6.45, 7) is 3.49. The van der Waals surface area contributed by atoms with Crippen LogP contribution in [0.25, 0.3) is 5.69 Å². The number of hydrogen-bond acceptors (Lipinski definition) is 4. The van der Waals surface area contributed by atoms with Crippen LogP contribution in [0.5, 0.6) is 5.75 Å². The van der Waals surface area contributed by atoms with E-state index in [2.05, 4.69) is 0 Å². The summed E-state index contributed by atoms with van der Waals surface area (Å²) in [7, 11) is 0. The first-order chi connectivity index (χ1) is 12.9. The minimum atomic E-state index is -0.501. The third-order valence-electron chi connectivity index (χ3n) is 4.23. The second-order valence-electron chi connectivity index (χ2n) is 6.06. The van der Waals surface area contributed by atoms with Gasteiger partial charge in [0.25, 0.3) is 5.69 Å². The SMILES string of the molecule is Cc1cc(C(=O)COc2ccc([N+](=O)[O-])cc2)c(C)n1-c1ccc(F)cc1. The predicted octanol–water partition coefficient (Wildman–Crippen LogP) is 4.40. The summed E-state index contributed by atoms with van der Waals surface area (Å²) in [5.74, 6) is -0.162. The highest BCUT2D eigenvalue weighted by molar-refractivity contribution is 5.98. The summed E-state index contributed by atoms with van der Waals surface area (Å²) >= 11 is 0. The molecular formula is C20H17FN2O4. The van der Waals surface area contributed by atoms with Crippen LogP contribution in [-0.4, -0.2) is 21.9 Å². The van der Waals surface area contributed by atoms with Gasteiger partial charge in [-0.2, -0.15) is 0 Å². The van der Waals surface area contributed by atoms with E-state index in [-0.39, 0.29) is 23.9 Å². The fourth-order valence-corrected chi connectivity index (χ4v) is 2.92. The van der Waals surface area contributed by atoms with Gasteiger partial charge in [-0.15, -0.1) is 0 Å².